The first kappa shape index (κ1) is 24.3. The molecule has 0 saturated carbocycles. The van der Waals surface area contributed by atoms with Crippen molar-refractivity contribution in [2.75, 3.05) is 20.3 Å². The molecule has 0 aromatic heterocycles. The zero-order valence-corrected chi connectivity index (χ0v) is 17.6. The van der Waals surface area contributed by atoms with Gasteiger partial charge in [-0.1, -0.05) is 63.3 Å². The van der Waals surface area contributed by atoms with Crippen LogP contribution in [0.25, 0.3) is 0 Å². The third kappa shape index (κ3) is 10.4. The molecule has 4 N–H and O–H groups in total. The molecular formula is C20H36NO5P. The Bertz CT molecular complexity index is 554. The molecule has 0 radical (unpaired) electrons. The highest BCUT2D eigenvalue weighted by Crippen LogP contribution is 2.37. The standard InChI is InChI=1S/C20H36NO5P/c1-3-4-5-6-7-8-9-18-10-12-19(13-11-18)14-15-20(16-22,21-2)17-26-27(23,24)25/h10-13,21-22H,3-9,14-17H2,1-2H3,(H2,23,24,25). The summed E-state index contributed by atoms with van der Waals surface area (Å²) in [5, 5.41) is 12.6. The molecule has 0 aliphatic carbocycles. The maximum absolute atomic E-state index is 10.9. The maximum Gasteiger partial charge on any atom is 0.469 e. The fourth-order valence-corrected chi connectivity index (χ4v) is 3.46. The van der Waals surface area contributed by atoms with E-state index in [4.69, 9.17) is 9.79 Å². The van der Waals surface area contributed by atoms with Crippen LogP contribution in [0.15, 0.2) is 24.3 Å². The van der Waals surface area contributed by atoms with E-state index in [1.54, 1.807) is 7.05 Å². The lowest BCUT2D eigenvalue weighted by atomic mass is 9.92. The molecule has 156 valence electrons. The first-order valence-electron chi connectivity index (χ1n) is 9.92. The van der Waals surface area contributed by atoms with Crippen LogP contribution in [0.3, 0.4) is 0 Å². The van der Waals surface area contributed by atoms with Crippen molar-refractivity contribution in [1.29, 1.82) is 0 Å². The average Bonchev–Trinajstić information content (AvgIpc) is 2.65. The molecule has 0 aliphatic rings. The molecular weight excluding hydrogens is 365 g/mol. The van der Waals surface area contributed by atoms with E-state index in [1.165, 1.54) is 44.1 Å². The Hall–Kier alpha value is -0.750. The summed E-state index contributed by atoms with van der Waals surface area (Å²) < 4.78 is 15.6. The zero-order valence-electron chi connectivity index (χ0n) is 16.7. The predicted octanol–water partition coefficient (Wildman–Crippen LogP) is 3.58. The molecule has 7 heteroatoms. The molecule has 0 spiro atoms. The summed E-state index contributed by atoms with van der Waals surface area (Å²) in [5.41, 5.74) is 1.59. The Morgan fingerprint density at radius 2 is 1.56 bits per heavy atom. The van der Waals surface area contributed by atoms with E-state index in [1.807, 2.05) is 0 Å². The number of rotatable bonds is 15. The third-order valence-corrected chi connectivity index (χ3v) is 5.54. The summed E-state index contributed by atoms with van der Waals surface area (Å²) in [4.78, 5) is 17.8. The van der Waals surface area contributed by atoms with Crippen molar-refractivity contribution in [3.05, 3.63) is 35.4 Å². The molecule has 1 aromatic carbocycles. The van der Waals surface area contributed by atoms with E-state index < -0.39 is 13.4 Å². The van der Waals surface area contributed by atoms with Crippen molar-refractivity contribution in [2.45, 2.75) is 70.3 Å². The molecule has 0 heterocycles. The number of nitrogens with one attached hydrogen (secondary N) is 1. The summed E-state index contributed by atoms with van der Waals surface area (Å²) in [6.45, 7) is 1.72. The van der Waals surface area contributed by atoms with Crippen LogP contribution < -0.4 is 5.32 Å². The van der Waals surface area contributed by atoms with Crippen LogP contribution in [0, 0.1) is 0 Å². The molecule has 0 bridgehead atoms. The van der Waals surface area contributed by atoms with E-state index in [9.17, 15) is 9.67 Å². The van der Waals surface area contributed by atoms with Crippen LogP contribution in [-0.2, 0) is 21.9 Å². The number of aliphatic hydroxyl groups is 1. The Morgan fingerprint density at radius 1 is 1.00 bits per heavy atom. The number of aryl methyl sites for hydroxylation is 2. The third-order valence-electron chi connectivity index (χ3n) is 5.08. The molecule has 1 unspecified atom stereocenters. The van der Waals surface area contributed by atoms with Gasteiger partial charge < -0.3 is 20.2 Å². The zero-order chi connectivity index (χ0) is 20.2. The number of hydrogen-bond donors (Lipinski definition) is 4. The minimum Gasteiger partial charge on any atom is -0.394 e. The quantitative estimate of drug-likeness (QED) is 0.265. The molecule has 6 nitrogen and oxygen atoms in total. The second kappa shape index (κ2) is 12.7. The second-order valence-corrected chi connectivity index (χ2v) is 8.53. The van der Waals surface area contributed by atoms with Crippen molar-refractivity contribution >= 4 is 7.82 Å². The molecule has 0 fully saturated rings. The molecule has 27 heavy (non-hydrogen) atoms. The number of phosphoric ester groups is 1. The molecule has 0 saturated heterocycles. The lowest BCUT2D eigenvalue weighted by molar-refractivity contribution is 0.0820. The van der Waals surface area contributed by atoms with Gasteiger partial charge in [-0.15, -0.1) is 0 Å². The molecule has 1 rings (SSSR count). The predicted molar refractivity (Wildman–Crippen MR) is 109 cm³/mol. The average molecular weight is 401 g/mol. The monoisotopic (exact) mass is 401 g/mol. The van der Waals surface area contributed by atoms with Crippen LogP contribution in [0.2, 0.25) is 0 Å². The normalized spacial score (nSPS) is 14.3. The van der Waals surface area contributed by atoms with E-state index in [-0.39, 0.29) is 13.2 Å². The van der Waals surface area contributed by atoms with Crippen LogP contribution in [0.4, 0.5) is 0 Å². The van der Waals surface area contributed by atoms with Crippen molar-refractivity contribution in [3.8, 4) is 0 Å². The highest BCUT2D eigenvalue weighted by Gasteiger charge is 2.31. The lowest BCUT2D eigenvalue weighted by Crippen LogP contribution is -2.50. The minimum atomic E-state index is -4.56. The van der Waals surface area contributed by atoms with Gasteiger partial charge in [0.05, 0.1) is 18.8 Å². The lowest BCUT2D eigenvalue weighted by Gasteiger charge is -2.31. The van der Waals surface area contributed by atoms with Gasteiger partial charge in [0.2, 0.25) is 0 Å². The van der Waals surface area contributed by atoms with Gasteiger partial charge >= 0.3 is 7.82 Å². The number of phosphoric acid groups is 1. The SMILES string of the molecule is CCCCCCCCc1ccc(CCC(CO)(COP(=O)(O)O)NC)cc1. The van der Waals surface area contributed by atoms with Crippen molar-refractivity contribution in [3.63, 3.8) is 0 Å². The Morgan fingerprint density at radius 3 is 2.07 bits per heavy atom. The van der Waals surface area contributed by atoms with Crippen LogP contribution in [-0.4, -0.2) is 40.7 Å². The number of hydrogen-bond acceptors (Lipinski definition) is 4. The highest BCUT2D eigenvalue weighted by atomic mass is 31.2. The van der Waals surface area contributed by atoms with E-state index >= 15 is 0 Å². The molecule has 1 aromatic rings. The van der Waals surface area contributed by atoms with Gasteiger partial charge in [-0.25, -0.2) is 4.57 Å². The first-order valence-corrected chi connectivity index (χ1v) is 11.4. The van der Waals surface area contributed by atoms with Crippen LogP contribution >= 0.6 is 7.82 Å². The summed E-state index contributed by atoms with van der Waals surface area (Å²) in [7, 11) is -2.91. The Balaban J connectivity index is 2.45. The fourth-order valence-electron chi connectivity index (χ4n) is 3.05. The second-order valence-electron chi connectivity index (χ2n) is 7.29. The Labute approximate surface area is 163 Å². The largest absolute Gasteiger partial charge is 0.469 e. The van der Waals surface area contributed by atoms with Gasteiger partial charge in [-0.3, -0.25) is 4.52 Å². The van der Waals surface area contributed by atoms with E-state index in [2.05, 4.69) is 41.0 Å². The molecule has 0 aliphatic heterocycles. The van der Waals surface area contributed by atoms with Gasteiger partial charge in [-0.05, 0) is 43.9 Å². The van der Waals surface area contributed by atoms with Crippen LogP contribution in [0.5, 0.6) is 0 Å². The molecule has 0 amide bonds. The van der Waals surface area contributed by atoms with E-state index in [0.29, 0.717) is 12.8 Å². The van der Waals surface area contributed by atoms with E-state index in [0.717, 1.165) is 12.0 Å². The van der Waals surface area contributed by atoms with Gasteiger partial charge in [0.15, 0.2) is 0 Å². The van der Waals surface area contributed by atoms with Crippen molar-refractivity contribution < 1.29 is 24.0 Å². The van der Waals surface area contributed by atoms with Crippen molar-refractivity contribution in [1.82, 2.24) is 5.32 Å². The van der Waals surface area contributed by atoms with Crippen LogP contribution in [0.1, 0.15) is 63.0 Å². The molecule has 1 atom stereocenters. The summed E-state index contributed by atoms with van der Waals surface area (Å²) in [6.07, 6.45) is 10.0. The number of unbranched alkanes of at least 4 members (excludes halogenated alkanes) is 5. The van der Waals surface area contributed by atoms with Gasteiger partial charge in [0, 0.05) is 0 Å². The fraction of sp³-hybridized carbons (Fsp3) is 0.700. The topological polar surface area (TPSA) is 99.0 Å². The summed E-state index contributed by atoms with van der Waals surface area (Å²) in [5.74, 6) is 0. The summed E-state index contributed by atoms with van der Waals surface area (Å²) >= 11 is 0. The number of aliphatic hydroxyl groups excluding tert-OH is 1. The van der Waals surface area contributed by atoms with Gasteiger partial charge in [0.1, 0.15) is 0 Å². The van der Waals surface area contributed by atoms with Gasteiger partial charge in [-0.2, -0.15) is 0 Å². The highest BCUT2D eigenvalue weighted by molar-refractivity contribution is 7.46. The maximum atomic E-state index is 10.9. The number of likely N-dealkylation sites (N-methyl/N-ethyl adjacent to an activating group) is 1. The summed E-state index contributed by atoms with van der Waals surface area (Å²) in [6, 6.07) is 8.48. The first-order chi connectivity index (χ1) is 12.8. The minimum absolute atomic E-state index is 0.250. The van der Waals surface area contributed by atoms with Gasteiger partial charge in [0.25, 0.3) is 0 Å². The Kier molecular flexibility index (Phi) is 11.4. The number of benzene rings is 1. The smallest absolute Gasteiger partial charge is 0.394 e. The van der Waals surface area contributed by atoms with Crippen molar-refractivity contribution in [2.24, 2.45) is 0 Å².